The maximum absolute atomic E-state index is 4.38. The van der Waals surface area contributed by atoms with Crippen LogP contribution in [0.4, 0.5) is 0 Å². The summed E-state index contributed by atoms with van der Waals surface area (Å²) < 4.78 is 4.18. The van der Waals surface area contributed by atoms with Crippen molar-refractivity contribution in [2.24, 2.45) is 0 Å². The average Bonchev–Trinajstić information content (AvgIpc) is 2.46. The quantitative estimate of drug-likeness (QED) is 0.541. The van der Waals surface area contributed by atoms with Crippen LogP contribution in [0.5, 0.6) is 0 Å². The van der Waals surface area contributed by atoms with E-state index in [2.05, 4.69) is 56.7 Å². The minimum absolute atomic E-state index is 1.05. The molecule has 0 unspecified atom stereocenters. The van der Waals surface area contributed by atoms with Gasteiger partial charge in [0.05, 0.1) is 4.47 Å². The number of aromatic nitrogens is 2. The Hall–Kier alpha value is 0.420. The summed E-state index contributed by atoms with van der Waals surface area (Å²) in [6.07, 6.45) is 8.65. The monoisotopic (exact) mass is 370 g/mol. The van der Waals surface area contributed by atoms with Crippen molar-refractivity contribution < 1.29 is 0 Å². The van der Waals surface area contributed by atoms with Crippen molar-refractivity contribution >= 4 is 38.5 Å². The first-order valence-electron chi connectivity index (χ1n) is 5.12. The van der Waals surface area contributed by atoms with Gasteiger partial charge in [-0.1, -0.05) is 32.6 Å². The van der Waals surface area contributed by atoms with E-state index in [1.807, 2.05) is 4.68 Å². The van der Waals surface area contributed by atoms with Crippen molar-refractivity contribution in [3.05, 3.63) is 14.4 Å². The molecule has 1 aromatic heterocycles. The minimum atomic E-state index is 1.05. The van der Waals surface area contributed by atoms with E-state index >= 15 is 0 Å². The standard InChI is InChI=1S/C10H16BrIN2/c1-2-3-4-5-6-7-14-8-9(11)10(12)13-14/h8H,2-7H2,1H3. The number of unbranched alkanes of at least 4 members (excludes halogenated alkanes) is 4. The van der Waals surface area contributed by atoms with E-state index in [0.717, 1.165) is 14.7 Å². The van der Waals surface area contributed by atoms with E-state index in [0.29, 0.717) is 0 Å². The maximum Gasteiger partial charge on any atom is 0.137 e. The topological polar surface area (TPSA) is 17.8 Å². The van der Waals surface area contributed by atoms with Crippen LogP contribution in [0.25, 0.3) is 0 Å². The third-order valence-electron chi connectivity index (χ3n) is 2.17. The number of hydrogen-bond donors (Lipinski definition) is 0. The van der Waals surface area contributed by atoms with Gasteiger partial charge in [-0.25, -0.2) is 0 Å². The lowest BCUT2D eigenvalue weighted by molar-refractivity contribution is 0.531. The second-order valence-electron chi connectivity index (χ2n) is 3.45. The zero-order valence-electron chi connectivity index (χ0n) is 8.47. The molecule has 80 valence electrons. The van der Waals surface area contributed by atoms with Crippen LogP contribution in [-0.4, -0.2) is 9.78 Å². The first kappa shape index (κ1) is 12.5. The summed E-state index contributed by atoms with van der Waals surface area (Å²) in [5, 5.41) is 4.38. The largest absolute Gasteiger partial charge is 0.271 e. The zero-order valence-corrected chi connectivity index (χ0v) is 12.2. The fraction of sp³-hybridized carbons (Fsp3) is 0.700. The van der Waals surface area contributed by atoms with Gasteiger partial charge in [0, 0.05) is 12.7 Å². The molecule has 1 aromatic rings. The third-order valence-corrected chi connectivity index (χ3v) is 4.28. The van der Waals surface area contributed by atoms with Crippen LogP contribution in [0, 0.1) is 3.70 Å². The Balaban J connectivity index is 2.18. The first-order valence-corrected chi connectivity index (χ1v) is 6.99. The Kier molecular flexibility index (Phi) is 6.09. The van der Waals surface area contributed by atoms with Crippen LogP contribution in [0.3, 0.4) is 0 Å². The van der Waals surface area contributed by atoms with Gasteiger partial charge in [-0.05, 0) is 44.9 Å². The van der Waals surface area contributed by atoms with E-state index in [1.165, 1.54) is 32.1 Å². The summed E-state index contributed by atoms with van der Waals surface area (Å²) in [6, 6.07) is 0. The third kappa shape index (κ3) is 4.29. The highest BCUT2D eigenvalue weighted by Gasteiger charge is 2.01. The van der Waals surface area contributed by atoms with E-state index in [-0.39, 0.29) is 0 Å². The van der Waals surface area contributed by atoms with Crippen molar-refractivity contribution in [2.45, 2.75) is 45.6 Å². The highest BCUT2D eigenvalue weighted by molar-refractivity contribution is 14.1. The van der Waals surface area contributed by atoms with Gasteiger partial charge in [-0.15, -0.1) is 0 Å². The second kappa shape index (κ2) is 6.82. The van der Waals surface area contributed by atoms with Gasteiger partial charge < -0.3 is 0 Å². The van der Waals surface area contributed by atoms with Crippen molar-refractivity contribution in [1.29, 1.82) is 0 Å². The van der Waals surface area contributed by atoms with Crippen LogP contribution in [-0.2, 0) is 6.54 Å². The van der Waals surface area contributed by atoms with Gasteiger partial charge in [0.25, 0.3) is 0 Å². The molecule has 14 heavy (non-hydrogen) atoms. The minimum Gasteiger partial charge on any atom is -0.271 e. The number of rotatable bonds is 6. The molecule has 1 heterocycles. The normalized spacial score (nSPS) is 10.8. The van der Waals surface area contributed by atoms with Gasteiger partial charge >= 0.3 is 0 Å². The van der Waals surface area contributed by atoms with Crippen molar-refractivity contribution in [1.82, 2.24) is 9.78 Å². The van der Waals surface area contributed by atoms with Crippen molar-refractivity contribution in [2.75, 3.05) is 0 Å². The van der Waals surface area contributed by atoms with Gasteiger partial charge in [0.15, 0.2) is 0 Å². The highest BCUT2D eigenvalue weighted by Crippen LogP contribution is 2.16. The van der Waals surface area contributed by atoms with Gasteiger partial charge in [0.2, 0.25) is 0 Å². The number of hydrogen-bond acceptors (Lipinski definition) is 1. The lowest BCUT2D eigenvalue weighted by Crippen LogP contribution is -1.98. The Morgan fingerprint density at radius 2 is 2.07 bits per heavy atom. The van der Waals surface area contributed by atoms with E-state index in [4.69, 9.17) is 0 Å². The number of aryl methyl sites for hydroxylation is 1. The molecule has 0 spiro atoms. The molecular formula is C10H16BrIN2. The molecule has 0 N–H and O–H groups in total. The molecule has 0 amide bonds. The SMILES string of the molecule is CCCCCCCn1cc(Br)c(I)n1. The highest BCUT2D eigenvalue weighted by atomic mass is 127. The molecular weight excluding hydrogens is 355 g/mol. The van der Waals surface area contributed by atoms with Crippen LogP contribution < -0.4 is 0 Å². The van der Waals surface area contributed by atoms with E-state index in [9.17, 15) is 0 Å². The molecule has 0 atom stereocenters. The predicted octanol–water partition coefficient (Wildman–Crippen LogP) is 4.22. The van der Waals surface area contributed by atoms with Crippen LogP contribution >= 0.6 is 38.5 Å². The van der Waals surface area contributed by atoms with Gasteiger partial charge in [-0.3, -0.25) is 4.68 Å². The predicted molar refractivity (Wildman–Crippen MR) is 71.4 cm³/mol. The summed E-state index contributed by atoms with van der Waals surface area (Å²) in [4.78, 5) is 0. The Morgan fingerprint density at radius 3 is 2.64 bits per heavy atom. The maximum atomic E-state index is 4.38. The van der Waals surface area contributed by atoms with Crippen LogP contribution in [0.15, 0.2) is 10.7 Å². The first-order chi connectivity index (χ1) is 6.74. The molecule has 1 rings (SSSR count). The van der Waals surface area contributed by atoms with E-state index < -0.39 is 0 Å². The zero-order chi connectivity index (χ0) is 10.4. The molecule has 0 saturated heterocycles. The Labute approximate surface area is 108 Å². The molecule has 0 radical (unpaired) electrons. The fourth-order valence-corrected chi connectivity index (χ4v) is 2.10. The smallest absolute Gasteiger partial charge is 0.137 e. The fourth-order valence-electron chi connectivity index (χ4n) is 1.37. The molecule has 4 heteroatoms. The number of nitrogens with zero attached hydrogens (tertiary/aromatic N) is 2. The summed E-state index contributed by atoms with van der Waals surface area (Å²) in [5.41, 5.74) is 0. The molecule has 0 bridgehead atoms. The molecule has 0 aliphatic rings. The van der Waals surface area contributed by atoms with Crippen LogP contribution in [0.2, 0.25) is 0 Å². The summed E-state index contributed by atoms with van der Waals surface area (Å²) in [7, 11) is 0. The molecule has 0 aromatic carbocycles. The molecule has 0 fully saturated rings. The molecule has 0 aliphatic carbocycles. The summed E-state index contributed by atoms with van der Waals surface area (Å²) in [5.74, 6) is 0. The van der Waals surface area contributed by atoms with Crippen LogP contribution in [0.1, 0.15) is 39.0 Å². The number of halogens is 2. The average molecular weight is 371 g/mol. The lowest BCUT2D eigenvalue weighted by Gasteiger charge is -2.00. The van der Waals surface area contributed by atoms with Crippen molar-refractivity contribution in [3.63, 3.8) is 0 Å². The molecule has 0 aliphatic heterocycles. The lowest BCUT2D eigenvalue weighted by atomic mass is 10.1. The summed E-state index contributed by atoms with van der Waals surface area (Å²) >= 11 is 5.70. The van der Waals surface area contributed by atoms with Crippen molar-refractivity contribution in [3.8, 4) is 0 Å². The molecule has 0 saturated carbocycles. The Morgan fingerprint density at radius 1 is 1.36 bits per heavy atom. The van der Waals surface area contributed by atoms with Gasteiger partial charge in [0.1, 0.15) is 3.70 Å². The summed E-state index contributed by atoms with van der Waals surface area (Å²) in [6.45, 7) is 3.29. The molecule has 2 nitrogen and oxygen atoms in total. The van der Waals surface area contributed by atoms with E-state index in [1.54, 1.807) is 0 Å². The second-order valence-corrected chi connectivity index (χ2v) is 5.32. The Bertz CT molecular complexity index is 254. The van der Waals surface area contributed by atoms with Gasteiger partial charge in [-0.2, -0.15) is 5.10 Å².